The van der Waals surface area contributed by atoms with Crippen molar-refractivity contribution in [3.8, 4) is 5.75 Å². The number of benzene rings is 1. The van der Waals surface area contributed by atoms with Crippen LogP contribution in [0.5, 0.6) is 5.75 Å². The molecule has 2 aromatic rings. The van der Waals surface area contributed by atoms with E-state index in [4.69, 9.17) is 4.74 Å². The normalized spacial score (nSPS) is 10.1. The minimum atomic E-state index is -0.219. The lowest BCUT2D eigenvalue weighted by atomic mass is 10.1. The second kappa shape index (κ2) is 5.48. The summed E-state index contributed by atoms with van der Waals surface area (Å²) in [6, 6.07) is 7.19. The highest BCUT2D eigenvalue weighted by Crippen LogP contribution is 2.18. The lowest BCUT2D eigenvalue weighted by Gasteiger charge is -2.09. The van der Waals surface area contributed by atoms with Gasteiger partial charge in [-0.15, -0.1) is 0 Å². The van der Waals surface area contributed by atoms with Gasteiger partial charge < -0.3 is 10.1 Å². The van der Waals surface area contributed by atoms with Crippen molar-refractivity contribution in [1.29, 1.82) is 0 Å². The largest absolute Gasteiger partial charge is 0.497 e. The molecule has 1 aromatic carbocycles. The molecule has 2 rings (SSSR count). The van der Waals surface area contributed by atoms with E-state index < -0.39 is 0 Å². The molecule has 5 nitrogen and oxygen atoms in total. The van der Waals surface area contributed by atoms with Crippen LogP contribution >= 0.6 is 0 Å². The van der Waals surface area contributed by atoms with Gasteiger partial charge >= 0.3 is 0 Å². The van der Waals surface area contributed by atoms with Gasteiger partial charge in [0.05, 0.1) is 24.1 Å². The van der Waals surface area contributed by atoms with E-state index in [1.165, 1.54) is 6.33 Å². The number of aromatic nitrogens is 2. The summed E-state index contributed by atoms with van der Waals surface area (Å²) in [6.45, 7) is 3.57. The van der Waals surface area contributed by atoms with Crippen LogP contribution in [0, 0.1) is 13.8 Å². The monoisotopic (exact) mass is 257 g/mol. The van der Waals surface area contributed by atoms with E-state index in [0.717, 1.165) is 0 Å². The highest BCUT2D eigenvalue weighted by Gasteiger charge is 2.14. The maximum atomic E-state index is 12.2. The van der Waals surface area contributed by atoms with Gasteiger partial charge in [-0.1, -0.05) is 6.07 Å². The Morgan fingerprint density at radius 3 is 2.53 bits per heavy atom. The van der Waals surface area contributed by atoms with E-state index in [1.54, 1.807) is 33.1 Å². The molecule has 0 bridgehead atoms. The van der Waals surface area contributed by atoms with Crippen LogP contribution < -0.4 is 10.1 Å². The van der Waals surface area contributed by atoms with Crippen molar-refractivity contribution in [2.45, 2.75) is 13.8 Å². The van der Waals surface area contributed by atoms with Crippen LogP contribution in [-0.2, 0) is 0 Å². The number of methoxy groups -OCH3 is 1. The quantitative estimate of drug-likeness (QED) is 0.916. The number of amides is 1. The van der Waals surface area contributed by atoms with E-state index in [9.17, 15) is 4.79 Å². The van der Waals surface area contributed by atoms with Gasteiger partial charge in [0.2, 0.25) is 0 Å². The van der Waals surface area contributed by atoms with Crippen LogP contribution in [0.25, 0.3) is 0 Å². The molecule has 0 aliphatic rings. The fraction of sp³-hybridized carbons (Fsp3) is 0.214. The SMILES string of the molecule is COc1cccc(NC(=O)c2c(C)ncnc2C)c1. The fourth-order valence-corrected chi connectivity index (χ4v) is 1.82. The van der Waals surface area contributed by atoms with E-state index in [-0.39, 0.29) is 5.91 Å². The smallest absolute Gasteiger partial charge is 0.259 e. The molecule has 0 atom stereocenters. The van der Waals surface area contributed by atoms with Gasteiger partial charge in [-0.25, -0.2) is 9.97 Å². The third-order valence-electron chi connectivity index (χ3n) is 2.78. The number of ether oxygens (including phenoxy) is 1. The molecule has 1 aromatic heterocycles. The number of carbonyl (C=O) groups is 1. The van der Waals surface area contributed by atoms with Crippen molar-refractivity contribution in [3.05, 3.63) is 47.5 Å². The molecule has 0 saturated heterocycles. The first-order valence-electron chi connectivity index (χ1n) is 5.85. The minimum absolute atomic E-state index is 0.219. The number of aryl methyl sites for hydroxylation is 2. The van der Waals surface area contributed by atoms with Crippen LogP contribution in [0.2, 0.25) is 0 Å². The first kappa shape index (κ1) is 13.0. The number of hydrogen-bond acceptors (Lipinski definition) is 4. The zero-order chi connectivity index (χ0) is 13.8. The van der Waals surface area contributed by atoms with Gasteiger partial charge in [-0.05, 0) is 26.0 Å². The molecule has 19 heavy (non-hydrogen) atoms. The van der Waals surface area contributed by atoms with E-state index >= 15 is 0 Å². The van der Waals surface area contributed by atoms with Crippen molar-refractivity contribution in [3.63, 3.8) is 0 Å². The molecule has 0 unspecified atom stereocenters. The van der Waals surface area contributed by atoms with Gasteiger partial charge in [0.1, 0.15) is 12.1 Å². The molecule has 0 saturated carbocycles. The van der Waals surface area contributed by atoms with Crippen LogP contribution in [0.15, 0.2) is 30.6 Å². The maximum absolute atomic E-state index is 12.2. The summed E-state index contributed by atoms with van der Waals surface area (Å²) in [5.74, 6) is 0.472. The van der Waals surface area contributed by atoms with Crippen molar-refractivity contribution >= 4 is 11.6 Å². The summed E-state index contributed by atoms with van der Waals surface area (Å²) in [5.41, 5.74) is 2.50. The van der Waals surface area contributed by atoms with Crippen LogP contribution in [0.1, 0.15) is 21.7 Å². The predicted octanol–water partition coefficient (Wildman–Crippen LogP) is 2.35. The Kier molecular flexibility index (Phi) is 3.75. The van der Waals surface area contributed by atoms with Crippen molar-refractivity contribution in [2.24, 2.45) is 0 Å². The first-order valence-corrected chi connectivity index (χ1v) is 5.85. The summed E-state index contributed by atoms with van der Waals surface area (Å²) >= 11 is 0. The summed E-state index contributed by atoms with van der Waals surface area (Å²) in [4.78, 5) is 20.3. The summed E-state index contributed by atoms with van der Waals surface area (Å²) in [6.07, 6.45) is 1.45. The zero-order valence-electron chi connectivity index (χ0n) is 11.1. The Bertz CT molecular complexity index is 591. The maximum Gasteiger partial charge on any atom is 0.259 e. The van der Waals surface area contributed by atoms with Crippen molar-refractivity contribution < 1.29 is 9.53 Å². The molecule has 0 aliphatic heterocycles. The zero-order valence-corrected chi connectivity index (χ0v) is 11.1. The number of rotatable bonds is 3. The van der Waals surface area contributed by atoms with E-state index in [1.807, 2.05) is 12.1 Å². The molecular weight excluding hydrogens is 242 g/mol. The Labute approximate surface area is 111 Å². The number of anilines is 1. The molecule has 98 valence electrons. The minimum Gasteiger partial charge on any atom is -0.497 e. The molecule has 1 N–H and O–H groups in total. The summed E-state index contributed by atoms with van der Waals surface area (Å²) < 4.78 is 5.11. The topological polar surface area (TPSA) is 64.1 Å². The van der Waals surface area contributed by atoms with Gasteiger partial charge in [-0.3, -0.25) is 4.79 Å². The molecule has 1 heterocycles. The Morgan fingerprint density at radius 1 is 1.21 bits per heavy atom. The van der Waals surface area contributed by atoms with E-state index in [2.05, 4.69) is 15.3 Å². The average Bonchev–Trinajstić information content (AvgIpc) is 2.38. The molecule has 0 spiro atoms. The molecule has 1 amide bonds. The van der Waals surface area contributed by atoms with Gasteiger partial charge in [0.25, 0.3) is 5.91 Å². The number of nitrogens with zero attached hydrogens (tertiary/aromatic N) is 2. The fourth-order valence-electron chi connectivity index (χ4n) is 1.82. The van der Waals surface area contributed by atoms with Gasteiger partial charge in [-0.2, -0.15) is 0 Å². The lowest BCUT2D eigenvalue weighted by Crippen LogP contribution is -2.16. The standard InChI is InChI=1S/C14H15N3O2/c1-9-13(10(2)16-8-15-9)14(18)17-11-5-4-6-12(7-11)19-3/h4-8H,1-3H3,(H,17,18). The van der Waals surface area contributed by atoms with Crippen LogP contribution in [-0.4, -0.2) is 23.0 Å². The third-order valence-corrected chi connectivity index (χ3v) is 2.78. The first-order chi connectivity index (χ1) is 9.11. The predicted molar refractivity (Wildman–Crippen MR) is 72.5 cm³/mol. The molecule has 0 fully saturated rings. The highest BCUT2D eigenvalue weighted by atomic mass is 16.5. The van der Waals surface area contributed by atoms with Crippen LogP contribution in [0.3, 0.4) is 0 Å². The second-order valence-corrected chi connectivity index (χ2v) is 4.11. The average molecular weight is 257 g/mol. The number of carbonyl (C=O) groups excluding carboxylic acids is 1. The Morgan fingerprint density at radius 2 is 1.89 bits per heavy atom. The van der Waals surface area contributed by atoms with Gasteiger partial charge in [0, 0.05) is 11.8 Å². The van der Waals surface area contributed by atoms with Crippen molar-refractivity contribution in [2.75, 3.05) is 12.4 Å². The van der Waals surface area contributed by atoms with Crippen LogP contribution in [0.4, 0.5) is 5.69 Å². The molecule has 0 radical (unpaired) electrons. The third kappa shape index (κ3) is 2.88. The molecular formula is C14H15N3O2. The summed E-state index contributed by atoms with van der Waals surface area (Å²) in [5, 5.41) is 2.82. The number of hydrogen-bond donors (Lipinski definition) is 1. The Balaban J connectivity index is 2.26. The lowest BCUT2D eigenvalue weighted by molar-refractivity contribution is 0.102. The van der Waals surface area contributed by atoms with Gasteiger partial charge in [0.15, 0.2) is 0 Å². The van der Waals surface area contributed by atoms with Crippen molar-refractivity contribution in [1.82, 2.24) is 9.97 Å². The number of nitrogens with one attached hydrogen (secondary N) is 1. The highest BCUT2D eigenvalue weighted by molar-refractivity contribution is 6.05. The molecule has 5 heteroatoms. The van der Waals surface area contributed by atoms with E-state index in [0.29, 0.717) is 28.4 Å². The molecule has 0 aliphatic carbocycles. The Hall–Kier alpha value is -2.43. The summed E-state index contributed by atoms with van der Waals surface area (Å²) in [7, 11) is 1.58. The second-order valence-electron chi connectivity index (χ2n) is 4.11.